The van der Waals surface area contributed by atoms with Crippen molar-refractivity contribution < 1.29 is 42.3 Å². The van der Waals surface area contributed by atoms with Crippen LogP contribution in [0.25, 0.3) is 0 Å². The van der Waals surface area contributed by atoms with Crippen molar-refractivity contribution in [2.45, 2.75) is 6.92 Å². The Hall–Kier alpha value is -0.936. The smallest absolute Gasteiger partial charge is 0.128 e. The molecule has 0 fully saturated rings. The standard InChI is InChI=1S/C16H18N2O.C3H8O.Y/c1-17-12-13-19-18-16(14-8-4-2-5-9-14)15-10-6-3-7-11-15;1-3-4-2;/h2-10,14,17H,12-13H2,1H3;3H2,1-2H3;/q-2;;/b18-16-;;. The molecule has 2 rings (SSSR count). The molecule has 1 radical (unpaired) electrons. The summed E-state index contributed by atoms with van der Waals surface area (Å²) < 4.78 is 4.54. The van der Waals surface area contributed by atoms with E-state index in [-0.39, 0.29) is 38.6 Å². The summed E-state index contributed by atoms with van der Waals surface area (Å²) in [7, 11) is 3.57. The quantitative estimate of drug-likeness (QED) is 0.330. The molecule has 1 unspecified atom stereocenters. The summed E-state index contributed by atoms with van der Waals surface area (Å²) in [4.78, 5) is 5.37. The Morgan fingerprint density at radius 3 is 2.71 bits per heavy atom. The normalized spacial score (nSPS) is 15.6. The van der Waals surface area contributed by atoms with Gasteiger partial charge in [0.1, 0.15) is 6.61 Å². The zero-order chi connectivity index (χ0) is 16.8. The number of nitrogens with zero attached hydrogens (tertiary/aromatic N) is 1. The molecule has 0 saturated heterocycles. The fraction of sp³-hybridized carbons (Fsp3) is 0.368. The summed E-state index contributed by atoms with van der Waals surface area (Å²) in [6.45, 7) is 4.11. The van der Waals surface area contributed by atoms with Crippen LogP contribution in [0.3, 0.4) is 0 Å². The van der Waals surface area contributed by atoms with Gasteiger partial charge in [-0.15, -0.1) is 53.2 Å². The van der Waals surface area contributed by atoms with E-state index in [9.17, 15) is 0 Å². The Bertz CT molecular complexity index is 499. The van der Waals surface area contributed by atoms with E-state index in [1.165, 1.54) is 0 Å². The third-order valence-corrected chi connectivity index (χ3v) is 3.05. The first-order valence-corrected chi connectivity index (χ1v) is 7.82. The number of ether oxygens (including phenoxy) is 1. The van der Waals surface area contributed by atoms with Crippen molar-refractivity contribution >= 4 is 5.71 Å². The number of benzene rings is 1. The van der Waals surface area contributed by atoms with Crippen molar-refractivity contribution in [3.05, 3.63) is 66.6 Å². The van der Waals surface area contributed by atoms with E-state index < -0.39 is 0 Å². The van der Waals surface area contributed by atoms with Crippen molar-refractivity contribution in [2.75, 3.05) is 33.9 Å². The first-order chi connectivity index (χ1) is 11.3. The van der Waals surface area contributed by atoms with Crippen LogP contribution in [0, 0.1) is 18.4 Å². The van der Waals surface area contributed by atoms with Crippen LogP contribution >= 0.6 is 0 Å². The molecule has 0 heterocycles. The number of rotatable bonds is 7. The molecule has 1 aliphatic carbocycles. The van der Waals surface area contributed by atoms with Crippen LogP contribution in [-0.2, 0) is 42.3 Å². The van der Waals surface area contributed by atoms with Gasteiger partial charge in [0.25, 0.3) is 0 Å². The number of nitrogens with one attached hydrogen (secondary N) is 1. The summed E-state index contributed by atoms with van der Waals surface area (Å²) in [5.74, 6) is 0.137. The summed E-state index contributed by atoms with van der Waals surface area (Å²) in [5, 5.41) is 7.31. The van der Waals surface area contributed by atoms with Crippen LogP contribution in [0.15, 0.2) is 53.7 Å². The van der Waals surface area contributed by atoms with Gasteiger partial charge < -0.3 is 14.9 Å². The number of oxime groups is 1. The zero-order valence-electron chi connectivity index (χ0n) is 14.7. The number of likely N-dealkylation sites (N-methyl/N-ethyl adjacent to an activating group) is 1. The maximum atomic E-state index is 5.37. The summed E-state index contributed by atoms with van der Waals surface area (Å²) >= 11 is 0. The second-order valence-corrected chi connectivity index (χ2v) is 4.75. The first kappa shape index (κ1) is 23.1. The van der Waals surface area contributed by atoms with Crippen molar-refractivity contribution in [1.29, 1.82) is 0 Å². The molecule has 0 aliphatic heterocycles. The minimum atomic E-state index is 0. The molecule has 4 nitrogen and oxygen atoms in total. The second-order valence-electron chi connectivity index (χ2n) is 4.75. The zero-order valence-corrected chi connectivity index (χ0v) is 17.6. The molecule has 0 aromatic heterocycles. The molecule has 5 heteroatoms. The summed E-state index contributed by atoms with van der Waals surface area (Å²) in [5.41, 5.74) is 1.85. The van der Waals surface area contributed by atoms with Gasteiger partial charge in [0.05, 0.1) is 0 Å². The van der Waals surface area contributed by atoms with E-state index in [0.29, 0.717) is 6.61 Å². The SMILES string of the molecule is CCOC.CNCCO/N=C(\c1[c-]cccc1)C1C=CC=C[CH-]1.[Y]. The number of hydrogen-bond acceptors (Lipinski definition) is 4. The average molecular weight is 403 g/mol. The molecule has 1 N–H and O–H groups in total. The van der Waals surface area contributed by atoms with Crippen LogP contribution in [0.5, 0.6) is 0 Å². The largest absolute Gasteiger partial charge is 0.404 e. The van der Waals surface area contributed by atoms with E-state index in [0.717, 1.165) is 24.4 Å². The molecule has 0 saturated carbocycles. The van der Waals surface area contributed by atoms with Crippen LogP contribution < -0.4 is 5.32 Å². The molecule has 1 aromatic carbocycles. The number of allylic oxidation sites excluding steroid dienone is 4. The summed E-state index contributed by atoms with van der Waals surface area (Å²) in [6.07, 6.45) is 10.3. The van der Waals surface area contributed by atoms with Crippen LogP contribution in [0.2, 0.25) is 0 Å². The summed E-state index contributed by atoms with van der Waals surface area (Å²) in [6, 6.07) is 11.0. The molecular weight excluding hydrogens is 377 g/mol. The van der Waals surface area contributed by atoms with Crippen LogP contribution in [-0.4, -0.2) is 39.6 Å². The molecule has 129 valence electrons. The molecule has 0 spiro atoms. The van der Waals surface area contributed by atoms with Gasteiger partial charge in [-0.25, -0.2) is 18.6 Å². The predicted octanol–water partition coefficient (Wildman–Crippen LogP) is 3.02. The number of methoxy groups -OCH3 is 1. The monoisotopic (exact) mass is 403 g/mol. The maximum Gasteiger partial charge on any atom is 0.128 e. The van der Waals surface area contributed by atoms with Crippen LogP contribution in [0.1, 0.15) is 12.5 Å². The molecule has 0 amide bonds. The third kappa shape index (κ3) is 9.38. The fourth-order valence-corrected chi connectivity index (χ4v) is 1.78. The number of hydrogen-bond donors (Lipinski definition) is 1. The van der Waals surface area contributed by atoms with E-state index in [1.807, 2.05) is 56.5 Å². The van der Waals surface area contributed by atoms with Crippen molar-refractivity contribution in [2.24, 2.45) is 11.1 Å². The Balaban J connectivity index is 0.000000954. The Kier molecular flexibility index (Phi) is 15.0. The molecule has 1 atom stereocenters. The average Bonchev–Trinajstić information content (AvgIpc) is 2.63. The van der Waals surface area contributed by atoms with E-state index in [4.69, 9.17) is 4.84 Å². The second kappa shape index (κ2) is 15.6. The van der Waals surface area contributed by atoms with Crippen molar-refractivity contribution in [3.63, 3.8) is 0 Å². The van der Waals surface area contributed by atoms with Gasteiger partial charge in [-0.2, -0.15) is 0 Å². The van der Waals surface area contributed by atoms with Gasteiger partial charge in [-0.05, 0) is 19.7 Å². The van der Waals surface area contributed by atoms with Gasteiger partial charge in [-0.1, -0.05) is 5.92 Å². The molecule has 1 aromatic rings. The molecule has 0 bridgehead atoms. The maximum absolute atomic E-state index is 5.37. The van der Waals surface area contributed by atoms with Gasteiger partial charge in [0.2, 0.25) is 0 Å². The Labute approximate surface area is 171 Å². The van der Waals surface area contributed by atoms with Gasteiger partial charge in [0, 0.05) is 53.0 Å². The molecule has 1 aliphatic rings. The minimum absolute atomic E-state index is 0. The van der Waals surface area contributed by atoms with Gasteiger partial charge >= 0.3 is 0 Å². The van der Waals surface area contributed by atoms with Gasteiger partial charge in [0.15, 0.2) is 0 Å². The third-order valence-electron chi connectivity index (χ3n) is 3.05. The van der Waals surface area contributed by atoms with E-state index in [1.54, 1.807) is 7.11 Å². The van der Waals surface area contributed by atoms with E-state index >= 15 is 0 Å². The van der Waals surface area contributed by atoms with E-state index in [2.05, 4.69) is 33.8 Å². The fourth-order valence-electron chi connectivity index (χ4n) is 1.78. The van der Waals surface area contributed by atoms with Crippen LogP contribution in [0.4, 0.5) is 0 Å². The Morgan fingerprint density at radius 2 is 2.17 bits per heavy atom. The first-order valence-electron chi connectivity index (χ1n) is 7.82. The predicted molar refractivity (Wildman–Crippen MR) is 95.3 cm³/mol. The Morgan fingerprint density at radius 1 is 1.38 bits per heavy atom. The van der Waals surface area contributed by atoms with Gasteiger partial charge in [-0.3, -0.25) is 0 Å². The molecule has 24 heavy (non-hydrogen) atoms. The van der Waals surface area contributed by atoms with Crippen molar-refractivity contribution in [1.82, 2.24) is 5.32 Å². The minimum Gasteiger partial charge on any atom is -0.404 e. The topological polar surface area (TPSA) is 42.8 Å². The molecular formula is C19H26N2O2Y-2. The van der Waals surface area contributed by atoms with Crippen molar-refractivity contribution in [3.8, 4) is 0 Å².